The minimum Gasteiger partial charge on any atom is -0.444 e. The van der Waals surface area contributed by atoms with E-state index in [4.69, 9.17) is 4.74 Å². The number of amidine groups is 1. The maximum atomic E-state index is 13.4. The first-order valence-corrected chi connectivity index (χ1v) is 8.34. The van der Waals surface area contributed by atoms with Gasteiger partial charge in [0.05, 0.1) is 0 Å². The number of ether oxygens (including phenoxy) is 1. The van der Waals surface area contributed by atoms with Crippen molar-refractivity contribution >= 4 is 17.8 Å². The lowest BCUT2D eigenvalue weighted by atomic mass is 9.88. The van der Waals surface area contributed by atoms with Gasteiger partial charge in [-0.25, -0.2) is 9.18 Å². The molecule has 0 unspecified atom stereocenters. The van der Waals surface area contributed by atoms with Crippen molar-refractivity contribution in [3.63, 3.8) is 0 Å². The fraction of sp³-hybridized carbons (Fsp3) is 0.500. The van der Waals surface area contributed by atoms with Crippen LogP contribution in [0.5, 0.6) is 0 Å². The Morgan fingerprint density at radius 2 is 2.00 bits per heavy atom. The Kier molecular flexibility index (Phi) is 4.26. The highest BCUT2D eigenvalue weighted by atomic mass is 19.1. The highest BCUT2D eigenvalue weighted by molar-refractivity contribution is 6.15. The van der Waals surface area contributed by atoms with Crippen molar-refractivity contribution in [3.05, 3.63) is 35.6 Å². The van der Waals surface area contributed by atoms with Gasteiger partial charge in [-0.15, -0.1) is 0 Å². The number of hydrogen-bond acceptors (Lipinski definition) is 4. The highest BCUT2D eigenvalue weighted by Crippen LogP contribution is 2.31. The summed E-state index contributed by atoms with van der Waals surface area (Å²) >= 11 is 0. The summed E-state index contributed by atoms with van der Waals surface area (Å²) in [6, 6.07) is 5.97. The molecule has 1 fully saturated rings. The molecule has 0 aliphatic carbocycles. The van der Waals surface area contributed by atoms with Gasteiger partial charge < -0.3 is 15.0 Å². The SMILES string of the molecule is CC(C)(C)OC(=O)N1CCC2(CC1)N=C(c1cccc(F)c1)NC2=O. The van der Waals surface area contributed by atoms with Gasteiger partial charge in [0.1, 0.15) is 22.8 Å². The number of carbonyl (C=O) groups excluding carboxylic acids is 2. The number of amides is 2. The molecule has 25 heavy (non-hydrogen) atoms. The van der Waals surface area contributed by atoms with Gasteiger partial charge in [0.15, 0.2) is 0 Å². The van der Waals surface area contributed by atoms with Crippen LogP contribution in [0.15, 0.2) is 29.3 Å². The number of aliphatic imine (C=N–C) groups is 1. The average molecular weight is 347 g/mol. The molecule has 2 aliphatic heterocycles. The zero-order valence-corrected chi connectivity index (χ0v) is 14.6. The highest BCUT2D eigenvalue weighted by Gasteiger charge is 2.47. The molecular formula is C18H22FN3O3. The van der Waals surface area contributed by atoms with Crippen molar-refractivity contribution in [2.75, 3.05) is 13.1 Å². The van der Waals surface area contributed by atoms with Crippen LogP contribution in [0, 0.1) is 5.82 Å². The van der Waals surface area contributed by atoms with E-state index >= 15 is 0 Å². The maximum Gasteiger partial charge on any atom is 0.410 e. The van der Waals surface area contributed by atoms with E-state index in [0.717, 1.165) is 0 Å². The van der Waals surface area contributed by atoms with E-state index in [1.807, 2.05) is 20.8 Å². The first-order chi connectivity index (χ1) is 11.7. The second kappa shape index (κ2) is 6.13. The van der Waals surface area contributed by atoms with Gasteiger partial charge >= 0.3 is 6.09 Å². The van der Waals surface area contributed by atoms with E-state index in [-0.39, 0.29) is 17.8 Å². The van der Waals surface area contributed by atoms with Gasteiger partial charge in [0.2, 0.25) is 0 Å². The molecule has 1 aromatic rings. The van der Waals surface area contributed by atoms with Crippen molar-refractivity contribution in [2.45, 2.75) is 44.8 Å². The van der Waals surface area contributed by atoms with Crippen molar-refractivity contribution < 1.29 is 18.7 Å². The van der Waals surface area contributed by atoms with Crippen LogP contribution in [-0.4, -0.2) is 47.0 Å². The first kappa shape index (κ1) is 17.4. The predicted molar refractivity (Wildman–Crippen MR) is 90.9 cm³/mol. The zero-order valence-electron chi connectivity index (χ0n) is 14.6. The number of likely N-dealkylation sites (tertiary alicyclic amines) is 1. The molecule has 1 aromatic carbocycles. The fourth-order valence-electron chi connectivity index (χ4n) is 3.01. The normalized spacial score (nSPS) is 19.6. The Balaban J connectivity index is 1.72. The molecular weight excluding hydrogens is 325 g/mol. The van der Waals surface area contributed by atoms with Crippen LogP contribution < -0.4 is 5.32 Å². The number of benzene rings is 1. The third-order valence-electron chi connectivity index (χ3n) is 4.32. The number of carbonyl (C=O) groups is 2. The van der Waals surface area contributed by atoms with Gasteiger partial charge in [0, 0.05) is 18.7 Å². The third-order valence-corrected chi connectivity index (χ3v) is 4.32. The molecule has 0 bridgehead atoms. The fourth-order valence-corrected chi connectivity index (χ4v) is 3.01. The van der Waals surface area contributed by atoms with Gasteiger partial charge in [-0.05, 0) is 45.7 Å². The average Bonchev–Trinajstić information content (AvgIpc) is 2.83. The van der Waals surface area contributed by atoms with E-state index in [2.05, 4.69) is 10.3 Å². The smallest absolute Gasteiger partial charge is 0.410 e. The number of hydrogen-bond donors (Lipinski definition) is 1. The number of nitrogens with zero attached hydrogens (tertiary/aromatic N) is 2. The third kappa shape index (κ3) is 3.65. The summed E-state index contributed by atoms with van der Waals surface area (Å²) in [5.74, 6) is -0.194. The Labute approximate surface area is 146 Å². The first-order valence-electron chi connectivity index (χ1n) is 8.34. The monoisotopic (exact) mass is 347 g/mol. The van der Waals surface area contributed by atoms with Crippen molar-refractivity contribution in [3.8, 4) is 0 Å². The molecule has 134 valence electrons. The van der Waals surface area contributed by atoms with E-state index < -0.39 is 11.1 Å². The summed E-state index contributed by atoms with van der Waals surface area (Å²) in [6.45, 7) is 6.23. The summed E-state index contributed by atoms with van der Waals surface area (Å²) in [5.41, 5.74) is -0.903. The van der Waals surface area contributed by atoms with Crippen LogP contribution in [0.1, 0.15) is 39.2 Å². The largest absolute Gasteiger partial charge is 0.444 e. The van der Waals surface area contributed by atoms with Crippen LogP contribution in [0.4, 0.5) is 9.18 Å². The van der Waals surface area contributed by atoms with Crippen molar-refractivity contribution in [2.24, 2.45) is 4.99 Å². The molecule has 0 aromatic heterocycles. The lowest BCUT2D eigenvalue weighted by Gasteiger charge is -2.36. The minimum absolute atomic E-state index is 0.199. The molecule has 1 saturated heterocycles. The van der Waals surface area contributed by atoms with E-state index in [9.17, 15) is 14.0 Å². The molecule has 0 atom stereocenters. The molecule has 1 N–H and O–H groups in total. The summed E-state index contributed by atoms with van der Waals surface area (Å²) in [4.78, 5) is 30.8. The number of piperidine rings is 1. The van der Waals surface area contributed by atoms with Crippen LogP contribution in [0.3, 0.4) is 0 Å². The van der Waals surface area contributed by atoms with E-state index in [1.54, 1.807) is 17.0 Å². The number of rotatable bonds is 1. The lowest BCUT2D eigenvalue weighted by Crippen LogP contribution is -2.51. The van der Waals surface area contributed by atoms with Crippen LogP contribution in [0.25, 0.3) is 0 Å². The summed E-state index contributed by atoms with van der Waals surface area (Å²) in [7, 11) is 0. The summed E-state index contributed by atoms with van der Waals surface area (Å²) in [6.07, 6.45) is 0.448. The zero-order chi connectivity index (χ0) is 18.2. The molecule has 6 nitrogen and oxygen atoms in total. The van der Waals surface area contributed by atoms with Gasteiger partial charge in [-0.3, -0.25) is 9.79 Å². The van der Waals surface area contributed by atoms with Gasteiger partial charge in [-0.2, -0.15) is 0 Å². The minimum atomic E-state index is -0.889. The maximum absolute atomic E-state index is 13.4. The van der Waals surface area contributed by atoms with Gasteiger partial charge in [0.25, 0.3) is 5.91 Å². The Morgan fingerprint density at radius 1 is 1.32 bits per heavy atom. The van der Waals surface area contributed by atoms with Crippen LogP contribution >= 0.6 is 0 Å². The molecule has 1 spiro atoms. The second-order valence-electron chi connectivity index (χ2n) is 7.42. The topological polar surface area (TPSA) is 71.0 Å². The number of halogens is 1. The van der Waals surface area contributed by atoms with Crippen LogP contribution in [0.2, 0.25) is 0 Å². The Hall–Kier alpha value is -2.44. The lowest BCUT2D eigenvalue weighted by molar-refractivity contribution is -0.125. The standard InChI is InChI=1S/C18H22FN3O3/c1-17(2,3)25-16(24)22-9-7-18(8-10-22)15(23)20-14(21-18)12-5-4-6-13(19)11-12/h4-6,11H,7-10H2,1-3H3,(H,20,21,23). The van der Waals surface area contributed by atoms with Crippen molar-refractivity contribution in [1.29, 1.82) is 0 Å². The summed E-state index contributed by atoms with van der Waals surface area (Å²) in [5, 5.41) is 2.75. The molecule has 0 radical (unpaired) electrons. The molecule has 2 aliphatic rings. The molecule has 2 heterocycles. The van der Waals surface area contributed by atoms with E-state index in [1.165, 1.54) is 12.1 Å². The van der Waals surface area contributed by atoms with E-state index in [0.29, 0.717) is 37.3 Å². The molecule has 2 amide bonds. The van der Waals surface area contributed by atoms with Gasteiger partial charge in [-0.1, -0.05) is 12.1 Å². The molecule has 3 rings (SSSR count). The Bertz CT molecular complexity index is 731. The van der Waals surface area contributed by atoms with Crippen LogP contribution in [-0.2, 0) is 9.53 Å². The summed E-state index contributed by atoms with van der Waals surface area (Å²) < 4.78 is 18.8. The number of nitrogens with one attached hydrogen (secondary N) is 1. The molecule has 0 saturated carbocycles. The second-order valence-corrected chi connectivity index (χ2v) is 7.42. The Morgan fingerprint density at radius 3 is 2.60 bits per heavy atom. The molecule has 7 heteroatoms. The van der Waals surface area contributed by atoms with Crippen molar-refractivity contribution in [1.82, 2.24) is 10.2 Å². The predicted octanol–water partition coefficient (Wildman–Crippen LogP) is 2.47. The quantitative estimate of drug-likeness (QED) is 0.848.